The van der Waals surface area contributed by atoms with Crippen LogP contribution in [0.4, 0.5) is 8.78 Å². The van der Waals surface area contributed by atoms with Crippen LogP contribution in [-0.2, 0) is 13.1 Å². The highest BCUT2D eigenvalue weighted by atomic mass is 19.3. The molecule has 0 radical (unpaired) electrons. The van der Waals surface area contributed by atoms with Crippen molar-refractivity contribution in [3.05, 3.63) is 17.0 Å². The van der Waals surface area contributed by atoms with E-state index >= 15 is 0 Å². The number of halogens is 2. The summed E-state index contributed by atoms with van der Waals surface area (Å²) in [5.41, 5.74) is 1.62. The number of carbonyl (C=O) groups excluding carboxylic acids is 1. The smallest absolute Gasteiger partial charge is 0.279 e. The molecule has 0 atom stereocenters. The van der Waals surface area contributed by atoms with E-state index in [1.165, 1.54) is 9.58 Å². The number of carbonyl (C=O) groups is 1. The Morgan fingerprint density at radius 2 is 2.00 bits per heavy atom. The van der Waals surface area contributed by atoms with Gasteiger partial charge in [0, 0.05) is 26.2 Å². The van der Waals surface area contributed by atoms with Crippen LogP contribution in [0.2, 0.25) is 0 Å². The second kappa shape index (κ2) is 4.56. The van der Waals surface area contributed by atoms with Crippen molar-refractivity contribution in [2.75, 3.05) is 27.7 Å². The Morgan fingerprint density at radius 1 is 1.37 bits per heavy atom. The van der Waals surface area contributed by atoms with E-state index in [1.807, 2.05) is 0 Å². The van der Waals surface area contributed by atoms with Gasteiger partial charge >= 0.3 is 0 Å². The minimum Gasteiger partial charge on any atom is -0.343 e. The predicted molar refractivity (Wildman–Crippen MR) is 66.3 cm³/mol. The van der Waals surface area contributed by atoms with Crippen molar-refractivity contribution >= 4 is 5.91 Å². The number of aromatic nitrogens is 2. The third-order valence-corrected chi connectivity index (χ3v) is 3.23. The van der Waals surface area contributed by atoms with E-state index in [4.69, 9.17) is 0 Å². The summed E-state index contributed by atoms with van der Waals surface area (Å²) in [4.78, 5) is 14.9. The highest BCUT2D eigenvalue weighted by Crippen LogP contribution is 2.26. The fourth-order valence-electron chi connectivity index (χ4n) is 2.31. The van der Waals surface area contributed by atoms with Crippen LogP contribution in [0.3, 0.4) is 0 Å². The molecule has 0 fully saturated rings. The van der Waals surface area contributed by atoms with Crippen molar-refractivity contribution < 1.29 is 13.6 Å². The first kappa shape index (κ1) is 13.9. The molecule has 0 unspecified atom stereocenters. The monoisotopic (exact) mass is 272 g/mol. The van der Waals surface area contributed by atoms with Gasteiger partial charge in [0.25, 0.3) is 11.8 Å². The van der Waals surface area contributed by atoms with E-state index in [1.54, 1.807) is 33.0 Å². The first-order valence-electron chi connectivity index (χ1n) is 6.05. The molecule has 2 heterocycles. The Labute approximate surface area is 110 Å². The molecule has 106 valence electrons. The third kappa shape index (κ3) is 2.60. The molecule has 1 aliphatic rings. The summed E-state index contributed by atoms with van der Waals surface area (Å²) >= 11 is 0. The molecule has 19 heavy (non-hydrogen) atoms. The lowest BCUT2D eigenvalue weighted by atomic mass is 10.2. The molecule has 5 nitrogen and oxygen atoms in total. The summed E-state index contributed by atoms with van der Waals surface area (Å²) < 4.78 is 28.7. The minimum atomic E-state index is -2.84. The molecular weight excluding hydrogens is 254 g/mol. The Kier molecular flexibility index (Phi) is 3.34. The van der Waals surface area contributed by atoms with E-state index in [9.17, 15) is 13.6 Å². The topological polar surface area (TPSA) is 41.4 Å². The molecule has 1 aromatic rings. The molecule has 1 aromatic heterocycles. The van der Waals surface area contributed by atoms with Crippen molar-refractivity contribution in [1.29, 1.82) is 0 Å². The van der Waals surface area contributed by atoms with Gasteiger partial charge in [-0.3, -0.25) is 14.4 Å². The fraction of sp³-hybridized carbons (Fsp3) is 0.667. The van der Waals surface area contributed by atoms with Gasteiger partial charge in [-0.2, -0.15) is 5.10 Å². The molecule has 0 aliphatic carbocycles. The first-order chi connectivity index (χ1) is 8.71. The number of alkyl halides is 2. The van der Waals surface area contributed by atoms with Crippen molar-refractivity contribution in [2.24, 2.45) is 0 Å². The molecule has 0 spiro atoms. The summed E-state index contributed by atoms with van der Waals surface area (Å²) in [7, 11) is 4.88. The van der Waals surface area contributed by atoms with Crippen LogP contribution in [-0.4, -0.2) is 59.1 Å². The Balaban J connectivity index is 2.46. The molecule has 1 aliphatic heterocycles. The number of hydrogen-bond donors (Lipinski definition) is 0. The largest absolute Gasteiger partial charge is 0.343 e. The van der Waals surface area contributed by atoms with Crippen molar-refractivity contribution in [2.45, 2.75) is 25.9 Å². The molecule has 7 heteroatoms. The molecule has 0 bridgehead atoms. The van der Waals surface area contributed by atoms with Gasteiger partial charge in [0.1, 0.15) is 6.54 Å². The molecular formula is C12H18F2N4O. The van der Waals surface area contributed by atoms with E-state index < -0.39 is 12.5 Å². The maximum atomic E-state index is 13.7. The second-order valence-electron chi connectivity index (χ2n) is 5.31. The normalized spacial score (nSPS) is 18.8. The Hall–Kier alpha value is -1.50. The van der Waals surface area contributed by atoms with Crippen molar-refractivity contribution in [3.8, 4) is 0 Å². The van der Waals surface area contributed by atoms with Gasteiger partial charge in [0.2, 0.25) is 0 Å². The Morgan fingerprint density at radius 3 is 2.58 bits per heavy atom. The number of amides is 1. The van der Waals surface area contributed by atoms with E-state index in [2.05, 4.69) is 5.10 Å². The van der Waals surface area contributed by atoms with Crippen molar-refractivity contribution in [3.63, 3.8) is 0 Å². The SMILES string of the molecule is Cc1c(C(=O)N(C)C)nn2c1CN(C)CC(F)(F)C2. The van der Waals surface area contributed by atoms with Crippen LogP contribution in [0.25, 0.3) is 0 Å². The van der Waals surface area contributed by atoms with Gasteiger partial charge < -0.3 is 4.90 Å². The number of fused-ring (bicyclic) bond motifs is 1. The highest BCUT2D eigenvalue weighted by molar-refractivity contribution is 5.93. The van der Waals surface area contributed by atoms with Crippen LogP contribution in [0.1, 0.15) is 21.7 Å². The van der Waals surface area contributed by atoms with E-state index in [-0.39, 0.29) is 18.1 Å². The van der Waals surface area contributed by atoms with E-state index in [0.29, 0.717) is 17.8 Å². The lowest BCUT2D eigenvalue weighted by molar-refractivity contribution is -0.0371. The average molecular weight is 272 g/mol. The van der Waals surface area contributed by atoms with E-state index in [0.717, 1.165) is 0 Å². The zero-order chi connectivity index (χ0) is 14.4. The zero-order valence-electron chi connectivity index (χ0n) is 11.6. The maximum Gasteiger partial charge on any atom is 0.279 e. The first-order valence-corrected chi connectivity index (χ1v) is 6.05. The molecule has 0 saturated carbocycles. The van der Waals surface area contributed by atoms with Gasteiger partial charge in [-0.15, -0.1) is 0 Å². The molecule has 2 rings (SSSR count). The summed E-state index contributed by atoms with van der Waals surface area (Å²) in [6, 6.07) is 0. The van der Waals surface area contributed by atoms with Gasteiger partial charge in [-0.05, 0) is 14.0 Å². The fourth-order valence-corrected chi connectivity index (χ4v) is 2.31. The minimum absolute atomic E-state index is 0.256. The summed E-state index contributed by atoms with van der Waals surface area (Å²) in [5.74, 6) is -3.10. The lowest BCUT2D eigenvalue weighted by Gasteiger charge is -2.18. The van der Waals surface area contributed by atoms with Gasteiger partial charge in [-0.1, -0.05) is 0 Å². The van der Waals surface area contributed by atoms with Crippen LogP contribution >= 0.6 is 0 Å². The average Bonchev–Trinajstić information content (AvgIpc) is 2.49. The quantitative estimate of drug-likeness (QED) is 0.765. The number of hydrogen-bond acceptors (Lipinski definition) is 3. The Bertz CT molecular complexity index is 510. The van der Waals surface area contributed by atoms with Crippen LogP contribution < -0.4 is 0 Å². The lowest BCUT2D eigenvalue weighted by Crippen LogP contribution is -2.34. The maximum absolute atomic E-state index is 13.7. The summed E-state index contributed by atoms with van der Waals surface area (Å²) in [6.07, 6.45) is 0. The van der Waals surface area contributed by atoms with Crippen molar-refractivity contribution in [1.82, 2.24) is 19.6 Å². The zero-order valence-corrected chi connectivity index (χ0v) is 11.6. The summed E-state index contributed by atoms with van der Waals surface area (Å²) in [6.45, 7) is 1.35. The molecule has 0 N–H and O–H groups in total. The predicted octanol–water partition coefficient (Wildman–Crippen LogP) is 0.974. The molecule has 0 saturated heterocycles. The summed E-state index contributed by atoms with van der Waals surface area (Å²) in [5, 5.41) is 4.08. The van der Waals surface area contributed by atoms with Gasteiger partial charge in [0.15, 0.2) is 5.69 Å². The number of nitrogens with zero attached hydrogens (tertiary/aromatic N) is 4. The van der Waals surface area contributed by atoms with Gasteiger partial charge in [0.05, 0.1) is 12.2 Å². The van der Waals surface area contributed by atoms with Crippen LogP contribution in [0.5, 0.6) is 0 Å². The molecule has 0 aromatic carbocycles. The highest BCUT2D eigenvalue weighted by Gasteiger charge is 2.37. The number of rotatable bonds is 1. The van der Waals surface area contributed by atoms with Crippen LogP contribution in [0.15, 0.2) is 0 Å². The van der Waals surface area contributed by atoms with Crippen LogP contribution in [0, 0.1) is 6.92 Å². The third-order valence-electron chi connectivity index (χ3n) is 3.23. The standard InChI is InChI=1S/C12H18F2N4O/c1-8-9-5-17(4)6-12(13,14)7-18(9)15-10(8)11(19)16(2)3/h5-7H2,1-4H3. The van der Waals surface area contributed by atoms with Gasteiger partial charge in [-0.25, -0.2) is 8.78 Å². The second-order valence-corrected chi connectivity index (χ2v) is 5.31. The molecule has 1 amide bonds.